The van der Waals surface area contributed by atoms with Gasteiger partial charge in [-0.1, -0.05) is 24.3 Å². The summed E-state index contributed by atoms with van der Waals surface area (Å²) in [6.07, 6.45) is 1.41. The average molecular weight is 372 g/mol. The van der Waals surface area contributed by atoms with Crippen molar-refractivity contribution in [2.75, 3.05) is 6.54 Å². The van der Waals surface area contributed by atoms with Crippen LogP contribution in [0.25, 0.3) is 0 Å². The van der Waals surface area contributed by atoms with Crippen molar-refractivity contribution in [2.24, 2.45) is 0 Å². The van der Waals surface area contributed by atoms with Crippen molar-refractivity contribution in [3.05, 3.63) is 77.6 Å². The number of nitriles is 1. The predicted molar refractivity (Wildman–Crippen MR) is 95.4 cm³/mol. The number of benzene rings is 2. The Labute approximate surface area is 152 Å². The summed E-state index contributed by atoms with van der Waals surface area (Å²) < 4.78 is 40.9. The SMILES string of the molecule is C=CCN(Cc1ccc(C#N)cc1F)S(=O)(=O)c1ccc(C(C)=O)cc1. The summed E-state index contributed by atoms with van der Waals surface area (Å²) in [4.78, 5) is 11.3. The monoisotopic (exact) mass is 372 g/mol. The van der Waals surface area contributed by atoms with E-state index >= 15 is 0 Å². The largest absolute Gasteiger partial charge is 0.295 e. The second-order valence-electron chi connectivity index (χ2n) is 5.58. The molecule has 2 aromatic rings. The summed E-state index contributed by atoms with van der Waals surface area (Å²) in [5.41, 5.74) is 0.705. The van der Waals surface area contributed by atoms with Gasteiger partial charge in [0.25, 0.3) is 0 Å². The summed E-state index contributed by atoms with van der Waals surface area (Å²) in [5.74, 6) is -0.822. The highest BCUT2D eigenvalue weighted by Gasteiger charge is 2.25. The molecule has 0 saturated heterocycles. The third-order valence-electron chi connectivity index (χ3n) is 3.76. The molecule has 0 bridgehead atoms. The molecule has 0 atom stereocenters. The van der Waals surface area contributed by atoms with Gasteiger partial charge in [0.15, 0.2) is 5.78 Å². The van der Waals surface area contributed by atoms with Crippen LogP contribution in [0.15, 0.2) is 60.0 Å². The molecular weight excluding hydrogens is 355 g/mol. The van der Waals surface area contributed by atoms with E-state index in [1.54, 1.807) is 0 Å². The Morgan fingerprint density at radius 2 is 1.92 bits per heavy atom. The van der Waals surface area contributed by atoms with Gasteiger partial charge in [-0.2, -0.15) is 9.57 Å². The van der Waals surface area contributed by atoms with Crippen LogP contribution >= 0.6 is 0 Å². The van der Waals surface area contributed by atoms with Crippen LogP contribution in [0.2, 0.25) is 0 Å². The number of sulfonamides is 1. The first kappa shape index (κ1) is 19.5. The highest BCUT2D eigenvalue weighted by molar-refractivity contribution is 7.89. The quantitative estimate of drug-likeness (QED) is 0.552. The molecule has 7 heteroatoms. The van der Waals surface area contributed by atoms with Crippen LogP contribution in [-0.2, 0) is 16.6 Å². The number of nitrogens with zero attached hydrogens (tertiary/aromatic N) is 2. The van der Waals surface area contributed by atoms with Gasteiger partial charge < -0.3 is 0 Å². The standard InChI is InChI=1S/C19H17FN2O3S/c1-3-10-22(13-17-5-4-15(12-21)11-19(17)20)26(24,25)18-8-6-16(7-9-18)14(2)23/h3-9,11H,1,10,13H2,2H3. The molecule has 2 aromatic carbocycles. The number of hydrogen-bond acceptors (Lipinski definition) is 4. The first-order valence-electron chi connectivity index (χ1n) is 7.70. The van der Waals surface area contributed by atoms with E-state index in [0.717, 1.165) is 10.4 Å². The van der Waals surface area contributed by atoms with E-state index in [9.17, 15) is 17.6 Å². The average Bonchev–Trinajstić information content (AvgIpc) is 2.62. The summed E-state index contributed by atoms with van der Waals surface area (Å²) >= 11 is 0. The minimum absolute atomic E-state index is 0.00148. The van der Waals surface area contributed by atoms with Crippen LogP contribution in [-0.4, -0.2) is 25.1 Å². The Bertz CT molecular complexity index is 977. The first-order chi connectivity index (χ1) is 12.3. The zero-order valence-corrected chi connectivity index (χ0v) is 15.0. The fourth-order valence-corrected chi connectivity index (χ4v) is 3.73. The van der Waals surface area contributed by atoms with Crippen LogP contribution < -0.4 is 0 Å². The van der Waals surface area contributed by atoms with E-state index in [0.29, 0.717) is 5.56 Å². The molecule has 26 heavy (non-hydrogen) atoms. The number of ketones is 1. The molecule has 134 valence electrons. The molecule has 0 fully saturated rings. The first-order valence-corrected chi connectivity index (χ1v) is 9.14. The van der Waals surface area contributed by atoms with Gasteiger partial charge in [-0.25, -0.2) is 12.8 Å². The van der Waals surface area contributed by atoms with Crippen molar-refractivity contribution >= 4 is 15.8 Å². The minimum atomic E-state index is -3.92. The van der Waals surface area contributed by atoms with E-state index in [2.05, 4.69) is 6.58 Å². The Kier molecular flexibility index (Phi) is 6.03. The van der Waals surface area contributed by atoms with Crippen LogP contribution in [0.5, 0.6) is 0 Å². The Hall–Kier alpha value is -2.82. The highest BCUT2D eigenvalue weighted by Crippen LogP contribution is 2.21. The number of rotatable bonds is 7. The third-order valence-corrected chi connectivity index (χ3v) is 5.59. The van der Waals surface area contributed by atoms with Gasteiger partial charge in [0.1, 0.15) is 5.82 Å². The zero-order chi connectivity index (χ0) is 19.3. The number of carbonyl (C=O) groups excluding carboxylic acids is 1. The molecule has 0 heterocycles. The Morgan fingerprint density at radius 1 is 1.27 bits per heavy atom. The van der Waals surface area contributed by atoms with Gasteiger partial charge in [0, 0.05) is 24.2 Å². The number of Topliss-reactive ketones (excluding diaryl/α,β-unsaturated/α-hetero) is 1. The molecule has 0 N–H and O–H groups in total. The highest BCUT2D eigenvalue weighted by atomic mass is 32.2. The van der Waals surface area contributed by atoms with E-state index in [-0.39, 0.29) is 34.9 Å². The third kappa shape index (κ3) is 4.23. The number of carbonyl (C=O) groups is 1. The van der Waals surface area contributed by atoms with E-state index in [1.165, 1.54) is 49.4 Å². The minimum Gasteiger partial charge on any atom is -0.295 e. The molecule has 2 rings (SSSR count). The van der Waals surface area contributed by atoms with E-state index < -0.39 is 15.8 Å². The van der Waals surface area contributed by atoms with Crippen LogP contribution in [0, 0.1) is 17.1 Å². The van der Waals surface area contributed by atoms with Gasteiger partial charge >= 0.3 is 0 Å². The number of halogens is 1. The fraction of sp³-hybridized carbons (Fsp3) is 0.158. The second kappa shape index (κ2) is 8.04. The van der Waals surface area contributed by atoms with Crippen molar-refractivity contribution in [1.82, 2.24) is 4.31 Å². The molecule has 0 aliphatic rings. The normalized spacial score (nSPS) is 11.2. The van der Waals surface area contributed by atoms with Gasteiger partial charge in [-0.3, -0.25) is 4.79 Å². The molecule has 5 nitrogen and oxygen atoms in total. The summed E-state index contributed by atoms with van der Waals surface area (Å²) in [7, 11) is -3.92. The van der Waals surface area contributed by atoms with E-state index in [1.807, 2.05) is 6.07 Å². The maximum Gasteiger partial charge on any atom is 0.243 e. The molecule has 0 saturated carbocycles. The molecule has 0 radical (unpaired) electrons. The maximum atomic E-state index is 14.1. The molecule has 0 aromatic heterocycles. The second-order valence-corrected chi connectivity index (χ2v) is 7.52. The van der Waals surface area contributed by atoms with Crippen molar-refractivity contribution < 1.29 is 17.6 Å². The molecule has 0 unspecified atom stereocenters. The van der Waals surface area contributed by atoms with Crippen LogP contribution in [0.3, 0.4) is 0 Å². The predicted octanol–water partition coefficient (Wildman–Crippen LogP) is 3.28. The zero-order valence-electron chi connectivity index (χ0n) is 14.1. The lowest BCUT2D eigenvalue weighted by atomic mass is 10.1. The van der Waals surface area contributed by atoms with Gasteiger partial charge in [0.05, 0.1) is 16.5 Å². The summed E-state index contributed by atoms with van der Waals surface area (Å²) in [6, 6.07) is 11.3. The van der Waals surface area contributed by atoms with Crippen molar-refractivity contribution in [3.63, 3.8) is 0 Å². The smallest absolute Gasteiger partial charge is 0.243 e. The van der Waals surface area contributed by atoms with Crippen molar-refractivity contribution in [2.45, 2.75) is 18.4 Å². The van der Waals surface area contributed by atoms with Gasteiger partial charge in [-0.05, 0) is 31.2 Å². The number of hydrogen-bond donors (Lipinski definition) is 0. The Morgan fingerprint density at radius 3 is 2.42 bits per heavy atom. The summed E-state index contributed by atoms with van der Waals surface area (Å²) in [6.45, 7) is 4.71. The lowest BCUT2D eigenvalue weighted by Crippen LogP contribution is -2.31. The molecule has 0 aliphatic heterocycles. The molecular formula is C19H17FN2O3S. The van der Waals surface area contributed by atoms with Gasteiger partial charge in [-0.15, -0.1) is 6.58 Å². The topological polar surface area (TPSA) is 78.2 Å². The lowest BCUT2D eigenvalue weighted by Gasteiger charge is -2.21. The molecule has 0 amide bonds. The van der Waals surface area contributed by atoms with Crippen molar-refractivity contribution in [1.29, 1.82) is 5.26 Å². The van der Waals surface area contributed by atoms with E-state index in [4.69, 9.17) is 5.26 Å². The summed E-state index contributed by atoms with van der Waals surface area (Å²) in [5, 5.41) is 8.80. The molecule has 0 aliphatic carbocycles. The van der Waals surface area contributed by atoms with Gasteiger partial charge in [0.2, 0.25) is 10.0 Å². The Balaban J connectivity index is 2.37. The fourth-order valence-electron chi connectivity index (χ4n) is 2.34. The maximum absolute atomic E-state index is 14.1. The van der Waals surface area contributed by atoms with Crippen molar-refractivity contribution in [3.8, 4) is 6.07 Å². The van der Waals surface area contributed by atoms with Crippen LogP contribution in [0.4, 0.5) is 4.39 Å². The van der Waals surface area contributed by atoms with Crippen LogP contribution in [0.1, 0.15) is 28.4 Å². The molecule has 0 spiro atoms. The lowest BCUT2D eigenvalue weighted by molar-refractivity contribution is 0.101.